The Morgan fingerprint density at radius 3 is 2.77 bits per heavy atom. The topological polar surface area (TPSA) is 67.4 Å². The van der Waals surface area contributed by atoms with Gasteiger partial charge in [-0.15, -0.1) is 0 Å². The fourth-order valence-corrected chi connectivity index (χ4v) is 3.20. The normalized spacial score (nSPS) is 16.1. The van der Waals surface area contributed by atoms with E-state index < -0.39 is 5.82 Å². The average molecular weight is 405 g/mol. The van der Waals surface area contributed by atoms with Gasteiger partial charge in [0.2, 0.25) is 0 Å². The first-order chi connectivity index (χ1) is 14.6. The molecule has 0 aliphatic carbocycles. The van der Waals surface area contributed by atoms with Gasteiger partial charge in [-0.3, -0.25) is 4.79 Å². The van der Waals surface area contributed by atoms with Crippen molar-refractivity contribution in [3.8, 4) is 0 Å². The van der Waals surface area contributed by atoms with Crippen molar-refractivity contribution in [3.63, 3.8) is 0 Å². The molecule has 2 aromatic carbocycles. The van der Waals surface area contributed by atoms with Gasteiger partial charge in [0.1, 0.15) is 17.6 Å². The third-order valence-electron chi connectivity index (χ3n) is 4.78. The van der Waals surface area contributed by atoms with Gasteiger partial charge in [0.05, 0.1) is 18.2 Å². The minimum atomic E-state index is -0.416. The molecule has 7 heteroatoms. The van der Waals surface area contributed by atoms with Gasteiger partial charge >= 0.3 is 0 Å². The Morgan fingerprint density at radius 1 is 1.23 bits per heavy atom. The highest BCUT2D eigenvalue weighted by molar-refractivity contribution is 6.03. The highest BCUT2D eigenvalue weighted by Gasteiger charge is 2.35. The summed E-state index contributed by atoms with van der Waals surface area (Å²) in [4.78, 5) is 17.9. The van der Waals surface area contributed by atoms with Crippen LogP contribution in [0.25, 0.3) is 0 Å². The number of rotatable bonds is 6. The summed E-state index contributed by atoms with van der Waals surface area (Å²) in [5.41, 5.74) is 3.17. The van der Waals surface area contributed by atoms with E-state index in [2.05, 4.69) is 10.3 Å². The highest BCUT2D eigenvalue weighted by Crippen LogP contribution is 2.33. The van der Waals surface area contributed by atoms with Crippen LogP contribution < -0.4 is 0 Å². The van der Waals surface area contributed by atoms with E-state index in [1.807, 2.05) is 37.3 Å². The number of amides is 1. The Kier molecular flexibility index (Phi) is 5.70. The third kappa shape index (κ3) is 4.30. The van der Waals surface area contributed by atoms with Crippen molar-refractivity contribution >= 4 is 17.8 Å². The van der Waals surface area contributed by atoms with Crippen LogP contribution in [-0.2, 0) is 9.63 Å². The lowest BCUT2D eigenvalue weighted by Crippen LogP contribution is -2.29. The zero-order valence-electron chi connectivity index (χ0n) is 16.4. The van der Waals surface area contributed by atoms with E-state index in [0.717, 1.165) is 16.8 Å². The van der Waals surface area contributed by atoms with Crippen LogP contribution in [0.1, 0.15) is 34.9 Å². The molecular weight excluding hydrogens is 385 g/mol. The number of hydrazone groups is 1. The average Bonchev–Trinajstić information content (AvgIpc) is 3.42. The molecular formula is C23H20FN3O3. The van der Waals surface area contributed by atoms with Crippen LogP contribution in [0.3, 0.4) is 0 Å². The van der Waals surface area contributed by atoms with Gasteiger partial charge < -0.3 is 9.25 Å². The largest absolute Gasteiger partial charge is 0.467 e. The van der Waals surface area contributed by atoms with Gasteiger partial charge in [0, 0.05) is 12.0 Å². The molecule has 2 heterocycles. The van der Waals surface area contributed by atoms with Crippen molar-refractivity contribution in [1.29, 1.82) is 0 Å². The molecule has 0 unspecified atom stereocenters. The van der Waals surface area contributed by atoms with E-state index >= 15 is 0 Å². The lowest BCUT2D eigenvalue weighted by molar-refractivity contribution is -0.138. The van der Waals surface area contributed by atoms with Crippen LogP contribution in [0.15, 0.2) is 81.6 Å². The van der Waals surface area contributed by atoms with E-state index in [1.54, 1.807) is 30.5 Å². The molecule has 0 spiro atoms. The molecule has 3 aromatic rings. The summed E-state index contributed by atoms with van der Waals surface area (Å²) < 4.78 is 19.1. The molecule has 1 aliphatic rings. The van der Waals surface area contributed by atoms with E-state index in [9.17, 15) is 9.18 Å². The van der Waals surface area contributed by atoms with E-state index in [0.29, 0.717) is 12.2 Å². The maximum atomic E-state index is 13.6. The SMILES string of the molecule is Cc1ccc(C2=NN(C(=O)CO/N=C\c3ccccc3F)[C@H](c3ccco3)C2)cc1. The molecule has 4 rings (SSSR count). The maximum absolute atomic E-state index is 13.6. The summed E-state index contributed by atoms with van der Waals surface area (Å²) in [7, 11) is 0. The number of furan rings is 1. The minimum absolute atomic E-state index is 0.277. The van der Waals surface area contributed by atoms with Gasteiger partial charge in [0.15, 0.2) is 6.61 Å². The molecule has 0 saturated heterocycles. The van der Waals surface area contributed by atoms with Crippen molar-refractivity contribution < 1.29 is 18.4 Å². The van der Waals surface area contributed by atoms with Crippen molar-refractivity contribution in [3.05, 3.63) is 95.2 Å². The van der Waals surface area contributed by atoms with Crippen molar-refractivity contribution in [2.75, 3.05) is 6.61 Å². The minimum Gasteiger partial charge on any atom is -0.467 e. The monoisotopic (exact) mass is 405 g/mol. The molecule has 0 fully saturated rings. The zero-order chi connectivity index (χ0) is 20.9. The predicted octanol–water partition coefficient (Wildman–Crippen LogP) is 4.46. The van der Waals surface area contributed by atoms with Gasteiger partial charge in [-0.25, -0.2) is 9.40 Å². The number of carbonyl (C=O) groups is 1. The Bertz CT molecular complexity index is 1080. The van der Waals surface area contributed by atoms with Crippen LogP contribution in [0.4, 0.5) is 4.39 Å². The lowest BCUT2D eigenvalue weighted by Gasteiger charge is -2.19. The van der Waals surface area contributed by atoms with Crippen molar-refractivity contribution in [1.82, 2.24) is 5.01 Å². The van der Waals surface area contributed by atoms with E-state index in [4.69, 9.17) is 9.25 Å². The number of halogens is 1. The van der Waals surface area contributed by atoms with Crippen LogP contribution in [0.5, 0.6) is 0 Å². The van der Waals surface area contributed by atoms with Crippen molar-refractivity contribution in [2.45, 2.75) is 19.4 Å². The molecule has 1 atom stereocenters. The quantitative estimate of drug-likeness (QED) is 0.449. The Balaban J connectivity index is 1.47. The first-order valence-electron chi connectivity index (χ1n) is 9.51. The molecule has 6 nitrogen and oxygen atoms in total. The summed E-state index contributed by atoms with van der Waals surface area (Å²) in [5.74, 6) is -0.144. The summed E-state index contributed by atoms with van der Waals surface area (Å²) in [6.45, 7) is 1.69. The van der Waals surface area contributed by atoms with Crippen LogP contribution in [-0.4, -0.2) is 29.4 Å². The van der Waals surface area contributed by atoms with Gasteiger partial charge in [-0.2, -0.15) is 5.10 Å². The maximum Gasteiger partial charge on any atom is 0.284 e. The summed E-state index contributed by atoms with van der Waals surface area (Å²) >= 11 is 0. The Morgan fingerprint density at radius 2 is 2.03 bits per heavy atom. The number of hydrogen-bond acceptors (Lipinski definition) is 5. The van der Waals surface area contributed by atoms with E-state index in [1.165, 1.54) is 17.3 Å². The van der Waals surface area contributed by atoms with Gasteiger partial charge in [0.25, 0.3) is 5.91 Å². The second kappa shape index (κ2) is 8.73. The molecule has 1 aromatic heterocycles. The number of nitrogens with zero attached hydrogens (tertiary/aromatic N) is 3. The fourth-order valence-electron chi connectivity index (χ4n) is 3.20. The Labute approximate surface area is 173 Å². The molecule has 30 heavy (non-hydrogen) atoms. The van der Waals surface area contributed by atoms with Crippen LogP contribution in [0.2, 0.25) is 0 Å². The van der Waals surface area contributed by atoms with E-state index in [-0.39, 0.29) is 24.1 Å². The molecule has 1 aliphatic heterocycles. The first kappa shape index (κ1) is 19.6. The lowest BCUT2D eigenvalue weighted by atomic mass is 10.0. The van der Waals surface area contributed by atoms with Crippen molar-refractivity contribution in [2.24, 2.45) is 10.3 Å². The highest BCUT2D eigenvalue weighted by atomic mass is 19.1. The second-order valence-electron chi connectivity index (χ2n) is 6.92. The first-order valence-corrected chi connectivity index (χ1v) is 9.51. The number of aryl methyl sites for hydroxylation is 1. The van der Waals surface area contributed by atoms with Gasteiger partial charge in [-0.1, -0.05) is 53.2 Å². The molecule has 0 bridgehead atoms. The molecule has 152 valence electrons. The number of benzene rings is 2. The molecule has 0 saturated carbocycles. The number of oxime groups is 1. The van der Waals surface area contributed by atoms with Crippen LogP contribution >= 0.6 is 0 Å². The summed E-state index contributed by atoms with van der Waals surface area (Å²) in [6.07, 6.45) is 3.33. The third-order valence-corrected chi connectivity index (χ3v) is 4.78. The predicted molar refractivity (Wildman–Crippen MR) is 111 cm³/mol. The zero-order valence-corrected chi connectivity index (χ0v) is 16.4. The number of carbonyl (C=O) groups excluding carboxylic acids is 1. The fraction of sp³-hybridized carbons (Fsp3) is 0.174. The Hall–Kier alpha value is -3.74. The summed E-state index contributed by atoms with van der Waals surface area (Å²) in [6, 6.07) is 17.4. The second-order valence-corrected chi connectivity index (χ2v) is 6.92. The standard InChI is InChI=1S/C23H20FN3O3/c1-16-8-10-17(11-9-16)20-13-21(22-7-4-12-29-22)27(26-20)23(28)15-30-25-14-18-5-2-3-6-19(18)24/h2-12,14,21H,13,15H2,1H3/b25-14-/t21-/m0/s1. The van der Waals surface area contributed by atoms with Gasteiger partial charge in [-0.05, 0) is 30.7 Å². The number of hydrogen-bond donors (Lipinski definition) is 0. The smallest absolute Gasteiger partial charge is 0.284 e. The summed E-state index contributed by atoms with van der Waals surface area (Å²) in [5, 5.41) is 9.60. The molecule has 0 N–H and O–H groups in total. The molecule has 1 amide bonds. The van der Waals surface area contributed by atoms with Crippen LogP contribution in [0, 0.1) is 12.7 Å². The molecule has 0 radical (unpaired) electrons.